The van der Waals surface area contributed by atoms with Gasteiger partial charge in [0.05, 0.1) is 11.5 Å². The fourth-order valence-corrected chi connectivity index (χ4v) is 3.30. The van der Waals surface area contributed by atoms with Crippen LogP contribution in [0.25, 0.3) is 0 Å². The summed E-state index contributed by atoms with van der Waals surface area (Å²) in [4.78, 5) is 26.1. The molecule has 0 unspecified atom stereocenters. The molecule has 108 valence electrons. The summed E-state index contributed by atoms with van der Waals surface area (Å²) in [6, 6.07) is 3.46. The molecule has 0 radical (unpaired) electrons. The van der Waals surface area contributed by atoms with Gasteiger partial charge in [-0.25, -0.2) is 4.79 Å². The van der Waals surface area contributed by atoms with Crippen LogP contribution in [0.15, 0.2) is 12.1 Å². The van der Waals surface area contributed by atoms with Crippen LogP contribution in [0.3, 0.4) is 0 Å². The summed E-state index contributed by atoms with van der Waals surface area (Å²) in [6.45, 7) is 2.23. The van der Waals surface area contributed by atoms with Gasteiger partial charge in [-0.3, -0.25) is 4.79 Å². The molecule has 0 bridgehead atoms. The van der Waals surface area contributed by atoms with Crippen LogP contribution in [0.2, 0.25) is 0 Å². The van der Waals surface area contributed by atoms with Crippen molar-refractivity contribution in [3.63, 3.8) is 0 Å². The average Bonchev–Trinajstić information content (AvgIpc) is 2.95. The highest BCUT2D eigenvalue weighted by molar-refractivity contribution is 7.15. The molecule has 5 nitrogen and oxygen atoms in total. The highest BCUT2D eigenvalue weighted by atomic mass is 32.1. The van der Waals surface area contributed by atoms with Gasteiger partial charge in [0.2, 0.25) is 0 Å². The molecule has 0 spiro atoms. The topological polar surface area (TPSA) is 66.8 Å². The first-order valence-electron chi connectivity index (χ1n) is 6.87. The Balaban J connectivity index is 1.72. The van der Waals surface area contributed by atoms with E-state index in [9.17, 15) is 9.59 Å². The molecular formula is C14H17NO4S. The molecular weight excluding hydrogens is 278 g/mol. The molecule has 1 atom stereocenters. The molecule has 2 aliphatic rings. The highest BCUT2D eigenvalue weighted by Gasteiger charge is 2.35. The van der Waals surface area contributed by atoms with E-state index in [1.54, 1.807) is 6.07 Å². The molecule has 1 aliphatic carbocycles. The maximum atomic E-state index is 12.6. The molecule has 1 saturated heterocycles. The van der Waals surface area contributed by atoms with Crippen LogP contribution in [0.4, 0.5) is 0 Å². The smallest absolute Gasteiger partial charge is 0.345 e. The van der Waals surface area contributed by atoms with E-state index in [1.165, 1.54) is 6.07 Å². The van der Waals surface area contributed by atoms with Crippen LogP contribution in [0.5, 0.6) is 0 Å². The van der Waals surface area contributed by atoms with Crippen LogP contribution in [0, 0.1) is 5.92 Å². The monoisotopic (exact) mass is 295 g/mol. The van der Waals surface area contributed by atoms with Crippen molar-refractivity contribution in [1.82, 2.24) is 4.90 Å². The van der Waals surface area contributed by atoms with E-state index in [4.69, 9.17) is 9.84 Å². The van der Waals surface area contributed by atoms with Crippen molar-refractivity contribution in [2.75, 3.05) is 19.8 Å². The summed E-state index contributed by atoms with van der Waals surface area (Å²) < 4.78 is 5.37. The molecule has 6 heteroatoms. The summed E-state index contributed by atoms with van der Waals surface area (Å²) in [6.07, 6.45) is 3.11. The van der Waals surface area contributed by atoms with Gasteiger partial charge in [0, 0.05) is 25.1 Å². The number of rotatable bonds is 5. The summed E-state index contributed by atoms with van der Waals surface area (Å²) in [7, 11) is 0. The van der Waals surface area contributed by atoms with Crippen LogP contribution in [-0.4, -0.2) is 47.7 Å². The largest absolute Gasteiger partial charge is 0.477 e. The van der Waals surface area contributed by atoms with E-state index in [2.05, 4.69) is 0 Å². The third-order valence-corrected chi connectivity index (χ3v) is 4.82. The molecule has 20 heavy (non-hydrogen) atoms. The number of hydrogen-bond donors (Lipinski definition) is 1. The number of hydrogen-bond acceptors (Lipinski definition) is 4. The minimum atomic E-state index is -0.976. The quantitative estimate of drug-likeness (QED) is 0.903. The van der Waals surface area contributed by atoms with Gasteiger partial charge in [0.15, 0.2) is 0 Å². The molecule has 2 heterocycles. The number of carbonyl (C=O) groups is 2. The van der Waals surface area contributed by atoms with Crippen LogP contribution in [0.1, 0.15) is 38.6 Å². The molecule has 1 saturated carbocycles. The average molecular weight is 295 g/mol. The summed E-state index contributed by atoms with van der Waals surface area (Å²) >= 11 is 1.06. The second kappa shape index (κ2) is 5.54. The Hall–Kier alpha value is -1.40. The highest BCUT2D eigenvalue weighted by Crippen LogP contribution is 2.31. The SMILES string of the molecule is O=C(O)c1ccc(C(=O)N(C[C@@H]2CCOC2)C2CC2)s1. The lowest BCUT2D eigenvalue weighted by molar-refractivity contribution is 0.0698. The van der Waals surface area contributed by atoms with E-state index in [1.807, 2.05) is 4.90 Å². The zero-order valence-electron chi connectivity index (χ0n) is 11.1. The summed E-state index contributed by atoms with van der Waals surface area (Å²) in [5, 5.41) is 8.94. The molecule has 1 N–H and O–H groups in total. The minimum Gasteiger partial charge on any atom is -0.477 e. The fourth-order valence-electron chi connectivity index (χ4n) is 2.50. The zero-order valence-corrected chi connectivity index (χ0v) is 11.9. The van der Waals surface area contributed by atoms with Gasteiger partial charge in [-0.05, 0) is 31.4 Å². The number of ether oxygens (including phenoxy) is 1. The second-order valence-electron chi connectivity index (χ2n) is 5.39. The standard InChI is InChI=1S/C14H17NO4S/c16-13(11-3-4-12(20-11)14(17)18)15(10-1-2-10)7-9-5-6-19-8-9/h3-4,9-10H,1-2,5-8H2,(H,17,18)/t9-/m0/s1. The number of aromatic carboxylic acids is 1. The van der Waals surface area contributed by atoms with Crippen molar-refractivity contribution in [2.45, 2.75) is 25.3 Å². The Bertz CT molecular complexity index is 517. The fraction of sp³-hybridized carbons (Fsp3) is 0.571. The van der Waals surface area contributed by atoms with Crippen LogP contribution in [-0.2, 0) is 4.74 Å². The number of thiophene rings is 1. The van der Waals surface area contributed by atoms with Gasteiger partial charge >= 0.3 is 5.97 Å². The van der Waals surface area contributed by atoms with Crippen molar-refractivity contribution in [2.24, 2.45) is 5.92 Å². The van der Waals surface area contributed by atoms with Gasteiger partial charge < -0.3 is 14.7 Å². The number of nitrogens with zero attached hydrogens (tertiary/aromatic N) is 1. The molecule has 2 fully saturated rings. The molecule has 0 aromatic carbocycles. The maximum absolute atomic E-state index is 12.6. The number of carboxylic acid groups (broad SMARTS) is 1. The minimum absolute atomic E-state index is 0.0306. The normalized spacial score (nSPS) is 21.9. The van der Waals surface area contributed by atoms with Gasteiger partial charge in [0.1, 0.15) is 4.88 Å². The van der Waals surface area contributed by atoms with E-state index < -0.39 is 5.97 Å². The predicted octanol–water partition coefficient (Wildman–Crippen LogP) is 2.09. The van der Waals surface area contributed by atoms with Crippen LogP contribution >= 0.6 is 11.3 Å². The van der Waals surface area contributed by atoms with E-state index in [0.717, 1.165) is 50.4 Å². The van der Waals surface area contributed by atoms with Gasteiger partial charge in [-0.15, -0.1) is 11.3 Å². The lowest BCUT2D eigenvalue weighted by Gasteiger charge is -2.24. The Morgan fingerprint density at radius 2 is 2.05 bits per heavy atom. The number of amides is 1. The van der Waals surface area contributed by atoms with Gasteiger partial charge in [-0.1, -0.05) is 0 Å². The number of carboxylic acids is 1. The summed E-state index contributed by atoms with van der Waals surface area (Å²) in [5.41, 5.74) is 0. The summed E-state index contributed by atoms with van der Waals surface area (Å²) in [5.74, 6) is -0.591. The first kappa shape index (κ1) is 13.6. The molecule has 3 rings (SSSR count). The number of carbonyl (C=O) groups excluding carboxylic acids is 1. The molecule has 1 amide bonds. The third-order valence-electron chi connectivity index (χ3n) is 3.75. The molecule has 1 aliphatic heterocycles. The maximum Gasteiger partial charge on any atom is 0.345 e. The van der Waals surface area contributed by atoms with Gasteiger partial charge in [-0.2, -0.15) is 0 Å². The van der Waals surface area contributed by atoms with Crippen molar-refractivity contribution < 1.29 is 19.4 Å². The van der Waals surface area contributed by atoms with E-state index in [0.29, 0.717) is 16.8 Å². The van der Waals surface area contributed by atoms with E-state index >= 15 is 0 Å². The van der Waals surface area contributed by atoms with Gasteiger partial charge in [0.25, 0.3) is 5.91 Å². The third kappa shape index (κ3) is 2.86. The first-order valence-corrected chi connectivity index (χ1v) is 7.68. The first-order chi connectivity index (χ1) is 9.65. The molecule has 1 aromatic rings. The Labute approximate surface area is 121 Å². The Morgan fingerprint density at radius 1 is 1.30 bits per heavy atom. The van der Waals surface area contributed by atoms with Crippen LogP contribution < -0.4 is 0 Å². The lowest BCUT2D eigenvalue weighted by atomic mass is 10.1. The Kier molecular flexibility index (Phi) is 3.76. The van der Waals surface area contributed by atoms with Crippen molar-refractivity contribution in [3.05, 3.63) is 21.9 Å². The van der Waals surface area contributed by atoms with Crippen molar-refractivity contribution in [1.29, 1.82) is 0 Å². The van der Waals surface area contributed by atoms with E-state index in [-0.39, 0.29) is 10.8 Å². The zero-order chi connectivity index (χ0) is 14.1. The lowest BCUT2D eigenvalue weighted by Crippen LogP contribution is -2.37. The molecule has 1 aromatic heterocycles. The Morgan fingerprint density at radius 3 is 2.60 bits per heavy atom. The van der Waals surface area contributed by atoms with Crippen molar-refractivity contribution >= 4 is 23.2 Å². The second-order valence-corrected chi connectivity index (χ2v) is 6.47. The van der Waals surface area contributed by atoms with Crippen molar-refractivity contribution in [3.8, 4) is 0 Å². The predicted molar refractivity (Wildman–Crippen MR) is 74.3 cm³/mol.